The minimum atomic E-state index is -0.666. The Labute approximate surface area is 301 Å². The van der Waals surface area contributed by atoms with Crippen molar-refractivity contribution >= 4 is 17.5 Å². The maximum absolute atomic E-state index is 14.9. The van der Waals surface area contributed by atoms with Crippen LogP contribution in [0.25, 0.3) is 0 Å². The van der Waals surface area contributed by atoms with E-state index in [2.05, 4.69) is 51.1 Å². The van der Waals surface area contributed by atoms with Crippen LogP contribution in [0.1, 0.15) is 152 Å². The number of carbonyl (C=O) groups is 3. The Morgan fingerprint density at radius 1 is 0.896 bits per heavy atom. The zero-order chi connectivity index (χ0) is 34.9. The molecule has 266 valence electrons. The zero-order valence-electron chi connectivity index (χ0n) is 31.2. The number of ketones is 2. The van der Waals surface area contributed by atoms with E-state index >= 15 is 0 Å². The summed E-state index contributed by atoms with van der Waals surface area (Å²) in [5.74, 6) is 0.973. The molecule has 3 unspecified atom stereocenters. The number of nitrogens with zero attached hydrogens (tertiary/aromatic N) is 1. The number of Topliss-reactive ketones (excluding diaryl/α,β-unsaturated/α-hetero) is 1. The van der Waals surface area contributed by atoms with E-state index in [1.54, 1.807) is 0 Å². The summed E-state index contributed by atoms with van der Waals surface area (Å²) in [7, 11) is 0. The van der Waals surface area contributed by atoms with E-state index in [4.69, 9.17) is 0 Å². The predicted octanol–water partition coefficient (Wildman–Crippen LogP) is 6.47. The van der Waals surface area contributed by atoms with Gasteiger partial charge >= 0.3 is 293 Å². The number of rotatable bonds is 3. The fourth-order valence-electron chi connectivity index (χ4n) is 12.4. The van der Waals surface area contributed by atoms with Crippen LogP contribution in [0.2, 0.25) is 0 Å². The summed E-state index contributed by atoms with van der Waals surface area (Å²) in [4.78, 5) is 43.0. The standard InChI is InChI=1S/C42H62IN2O3/c1-27-14-12-10-9-11-13-15-29(22-27)43-45-36(48)42-20-18-37(2,3)25-30(42)34-31(46)23-33-39(6)24-28(26-44)35(47)38(4,5)32(39)16-17-40(33,7)41(34,8)19-21-42/h23-24,27,29-30,32,34H,9-22,25H2,1-8H3,(H,45,48)/q-1/t27?,29?,30-,32-,34-,39-,40+,41+,42?/m0/s1. The molecule has 0 aromatic heterocycles. The molecule has 0 bridgehead atoms. The molecule has 9 atom stereocenters. The van der Waals surface area contributed by atoms with Crippen LogP contribution in [-0.4, -0.2) is 21.4 Å². The van der Waals surface area contributed by atoms with Gasteiger partial charge in [-0.2, -0.15) is 5.26 Å². The number of alkyl halides is 1. The summed E-state index contributed by atoms with van der Waals surface area (Å²) in [6.45, 7) is 18.0. The van der Waals surface area contributed by atoms with Crippen molar-refractivity contribution in [2.45, 2.75) is 156 Å². The first-order valence-corrected chi connectivity index (χ1v) is 21.6. The molecule has 4 saturated carbocycles. The second-order valence-electron chi connectivity index (χ2n) is 19.2. The fraction of sp³-hybridized carbons (Fsp3) is 0.810. The summed E-state index contributed by atoms with van der Waals surface area (Å²) in [5, 5.41) is 10.0. The van der Waals surface area contributed by atoms with Gasteiger partial charge in [0.1, 0.15) is 0 Å². The Hall–Kier alpha value is -1.49. The minimum absolute atomic E-state index is 0.0224. The third-order valence-corrected chi connectivity index (χ3v) is 18.3. The van der Waals surface area contributed by atoms with Crippen molar-refractivity contribution in [2.24, 2.45) is 56.2 Å². The van der Waals surface area contributed by atoms with Crippen LogP contribution in [0, 0.1) is 67.5 Å². The van der Waals surface area contributed by atoms with Crippen molar-refractivity contribution in [2.75, 3.05) is 0 Å². The number of halogens is 1. The number of fused-ring (bicyclic) bond motifs is 7. The van der Waals surface area contributed by atoms with Gasteiger partial charge in [0.25, 0.3) is 0 Å². The molecule has 48 heavy (non-hydrogen) atoms. The third kappa shape index (κ3) is 5.61. The van der Waals surface area contributed by atoms with Gasteiger partial charge in [0, 0.05) is 0 Å². The van der Waals surface area contributed by atoms with Crippen molar-refractivity contribution in [1.29, 1.82) is 5.26 Å². The van der Waals surface area contributed by atoms with Gasteiger partial charge in [-0.05, 0) is 0 Å². The predicted molar refractivity (Wildman–Crippen MR) is 187 cm³/mol. The normalized spacial score (nSPS) is 44.0. The Morgan fingerprint density at radius 3 is 2.27 bits per heavy atom. The molecule has 6 rings (SSSR count). The quantitative estimate of drug-likeness (QED) is 0.203. The average Bonchev–Trinajstić information content (AvgIpc) is 3.02. The molecular weight excluding hydrogens is 707 g/mol. The number of nitriles is 1. The first-order valence-electron chi connectivity index (χ1n) is 19.3. The molecule has 4 fully saturated rings. The van der Waals surface area contributed by atoms with E-state index in [0.717, 1.165) is 56.4 Å². The molecule has 0 heterocycles. The van der Waals surface area contributed by atoms with Gasteiger partial charge in [0.2, 0.25) is 0 Å². The number of nitrogens with one attached hydrogen (secondary N) is 1. The van der Waals surface area contributed by atoms with Gasteiger partial charge in [-0.1, -0.05) is 0 Å². The summed E-state index contributed by atoms with van der Waals surface area (Å²) < 4.78 is 4.31. The van der Waals surface area contributed by atoms with E-state index in [-0.39, 0.29) is 57.0 Å². The first kappa shape index (κ1) is 36.3. The summed E-state index contributed by atoms with van der Waals surface area (Å²) in [5.41, 5.74) is -0.775. The second kappa shape index (κ2) is 12.6. The molecule has 0 spiro atoms. The second-order valence-corrected chi connectivity index (χ2v) is 22.2. The number of amides is 1. The fourth-order valence-corrected chi connectivity index (χ4v) is 15.5. The van der Waals surface area contributed by atoms with Crippen LogP contribution in [0.3, 0.4) is 0 Å². The van der Waals surface area contributed by atoms with Crippen molar-refractivity contribution in [1.82, 2.24) is 3.53 Å². The molecule has 0 radical (unpaired) electrons. The molecular formula is C42H62IN2O3-. The average molecular weight is 770 g/mol. The molecule has 1 amide bonds. The van der Waals surface area contributed by atoms with Crippen LogP contribution >= 0.6 is 0 Å². The molecule has 6 aliphatic carbocycles. The van der Waals surface area contributed by atoms with Crippen molar-refractivity contribution in [3.63, 3.8) is 0 Å². The number of hydrogen-bond acceptors (Lipinski definition) is 4. The molecule has 0 aromatic carbocycles. The van der Waals surface area contributed by atoms with E-state index in [0.29, 0.717) is 3.92 Å². The van der Waals surface area contributed by atoms with Gasteiger partial charge in [-0.3, -0.25) is 4.79 Å². The van der Waals surface area contributed by atoms with E-state index in [1.165, 1.54) is 51.4 Å². The van der Waals surface area contributed by atoms with Crippen LogP contribution < -0.4 is 25.0 Å². The summed E-state index contributed by atoms with van der Waals surface area (Å²) >= 11 is -0.465. The van der Waals surface area contributed by atoms with Crippen LogP contribution in [-0.2, 0) is 14.4 Å². The van der Waals surface area contributed by atoms with E-state index < -0.39 is 37.7 Å². The van der Waals surface area contributed by atoms with Crippen molar-refractivity contribution < 1.29 is 35.9 Å². The number of carbonyl (C=O) groups excluding carboxylic acids is 3. The van der Waals surface area contributed by atoms with Gasteiger partial charge in [0.15, 0.2) is 0 Å². The van der Waals surface area contributed by atoms with Crippen molar-refractivity contribution in [3.05, 3.63) is 23.3 Å². The molecule has 6 aliphatic rings. The molecule has 0 aliphatic heterocycles. The van der Waals surface area contributed by atoms with E-state index in [1.807, 2.05) is 26.0 Å². The summed E-state index contributed by atoms with van der Waals surface area (Å²) in [6, 6.07) is 2.22. The van der Waals surface area contributed by atoms with Gasteiger partial charge < -0.3 is 0 Å². The third-order valence-electron chi connectivity index (χ3n) is 15.5. The Balaban J connectivity index is 1.35. The molecule has 0 saturated heterocycles. The Kier molecular flexibility index (Phi) is 9.55. The summed E-state index contributed by atoms with van der Waals surface area (Å²) in [6.07, 6.45) is 20.7. The van der Waals surface area contributed by atoms with Crippen LogP contribution in [0.5, 0.6) is 0 Å². The molecule has 5 nitrogen and oxygen atoms in total. The van der Waals surface area contributed by atoms with E-state index in [9.17, 15) is 19.6 Å². The van der Waals surface area contributed by atoms with Crippen LogP contribution in [0.4, 0.5) is 0 Å². The maximum atomic E-state index is 14.9. The van der Waals surface area contributed by atoms with Gasteiger partial charge in [0.05, 0.1) is 0 Å². The van der Waals surface area contributed by atoms with Crippen LogP contribution in [0.15, 0.2) is 23.3 Å². The van der Waals surface area contributed by atoms with Gasteiger partial charge in [-0.25, -0.2) is 0 Å². The molecule has 0 aromatic rings. The Morgan fingerprint density at radius 2 is 1.56 bits per heavy atom. The zero-order valence-corrected chi connectivity index (χ0v) is 33.4. The first-order chi connectivity index (χ1) is 22.4. The topological polar surface area (TPSA) is 87.0 Å². The van der Waals surface area contributed by atoms with Gasteiger partial charge in [-0.15, -0.1) is 0 Å². The molecule has 6 heteroatoms. The monoisotopic (exact) mass is 769 g/mol. The van der Waals surface area contributed by atoms with Crippen molar-refractivity contribution in [3.8, 4) is 6.07 Å². The number of hydrogen-bond donors (Lipinski definition) is 1. The SMILES string of the molecule is CC1CCCCCCCC([I-]NC(=O)C23CCC(C)(C)C[C@H]2[C@H]2C(=O)C=C4[C@@]5(C)C=C(C#N)C(=O)C(C)(C)[C@@H]5CC[C@@]4(C)[C@]2(C)CC3)C1. The Bertz CT molecular complexity index is 1450. The number of allylic oxidation sites excluding steroid dienone is 4. The molecule has 1 N–H and O–H groups in total.